The maximum Gasteiger partial charge on any atom is 0.262 e. The van der Waals surface area contributed by atoms with Crippen LogP contribution in [0.1, 0.15) is 33.7 Å². The molecule has 0 radical (unpaired) electrons. The SMILES string of the molecule is Cc1cc(C)c(C)c(S(=O)(=O)Nc2ccccc2Cc2nc(-c3ccco3)no2)c1C. The molecule has 0 saturated carbocycles. The Labute approximate surface area is 181 Å². The van der Waals surface area contributed by atoms with Gasteiger partial charge in [0, 0.05) is 0 Å². The number of hydrogen-bond donors (Lipinski definition) is 1. The second kappa shape index (κ2) is 8.03. The van der Waals surface area contributed by atoms with E-state index in [2.05, 4.69) is 14.9 Å². The van der Waals surface area contributed by atoms with Crippen molar-refractivity contribution in [2.24, 2.45) is 0 Å². The topological polar surface area (TPSA) is 98.2 Å². The molecule has 2 heterocycles. The largest absolute Gasteiger partial charge is 0.461 e. The Morgan fingerprint density at radius 1 is 0.968 bits per heavy atom. The van der Waals surface area contributed by atoms with Gasteiger partial charge in [-0.05, 0) is 73.7 Å². The summed E-state index contributed by atoms with van der Waals surface area (Å²) in [6.07, 6.45) is 1.81. The number of rotatable bonds is 6. The first-order chi connectivity index (χ1) is 14.8. The summed E-state index contributed by atoms with van der Waals surface area (Å²) in [5.74, 6) is 1.21. The van der Waals surface area contributed by atoms with Gasteiger partial charge in [-0.2, -0.15) is 4.98 Å². The van der Waals surface area contributed by atoms with E-state index in [4.69, 9.17) is 8.94 Å². The summed E-state index contributed by atoms with van der Waals surface area (Å²) in [5.41, 5.74) is 4.56. The van der Waals surface area contributed by atoms with Crippen molar-refractivity contribution < 1.29 is 17.4 Å². The summed E-state index contributed by atoms with van der Waals surface area (Å²) in [6.45, 7) is 7.50. The molecule has 4 rings (SSSR count). The zero-order valence-electron chi connectivity index (χ0n) is 17.8. The molecule has 0 spiro atoms. The van der Waals surface area contributed by atoms with Crippen molar-refractivity contribution in [1.82, 2.24) is 10.1 Å². The Morgan fingerprint density at radius 3 is 2.35 bits per heavy atom. The van der Waals surface area contributed by atoms with E-state index in [1.165, 1.54) is 6.26 Å². The minimum absolute atomic E-state index is 0.275. The van der Waals surface area contributed by atoms with Gasteiger partial charge in [-0.25, -0.2) is 8.42 Å². The molecular weight excluding hydrogens is 414 g/mol. The van der Waals surface area contributed by atoms with Crippen LogP contribution in [-0.2, 0) is 16.4 Å². The van der Waals surface area contributed by atoms with Gasteiger partial charge in [0.1, 0.15) is 0 Å². The second-order valence-corrected chi connectivity index (χ2v) is 9.14. The molecule has 0 saturated heterocycles. The zero-order valence-corrected chi connectivity index (χ0v) is 18.6. The Hall–Kier alpha value is -3.39. The molecule has 0 aliphatic heterocycles. The lowest BCUT2D eigenvalue weighted by Gasteiger charge is -2.18. The van der Waals surface area contributed by atoms with E-state index in [1.807, 2.05) is 45.9 Å². The standard InChI is InChI=1S/C23H23N3O4S/c1-14-12-15(2)17(4)22(16(14)3)31(27,28)26-19-9-6-5-8-18(19)13-21-24-23(25-30-21)20-10-7-11-29-20/h5-12,26H,13H2,1-4H3. The fraction of sp³-hybridized carbons (Fsp3) is 0.217. The number of aromatic nitrogens is 2. The molecule has 4 aromatic rings. The summed E-state index contributed by atoms with van der Waals surface area (Å²) in [4.78, 5) is 4.66. The fourth-order valence-corrected chi connectivity index (χ4v) is 5.27. The highest BCUT2D eigenvalue weighted by molar-refractivity contribution is 7.92. The van der Waals surface area contributed by atoms with Gasteiger partial charge < -0.3 is 8.94 Å². The van der Waals surface area contributed by atoms with Gasteiger partial charge >= 0.3 is 0 Å². The summed E-state index contributed by atoms with van der Waals surface area (Å²) < 4.78 is 40.1. The van der Waals surface area contributed by atoms with E-state index in [9.17, 15) is 8.42 Å². The lowest BCUT2D eigenvalue weighted by molar-refractivity contribution is 0.384. The Kier molecular flexibility index (Phi) is 5.41. The van der Waals surface area contributed by atoms with Crippen LogP contribution in [0.25, 0.3) is 11.6 Å². The number of aryl methyl sites for hydroxylation is 2. The van der Waals surface area contributed by atoms with E-state index in [0.717, 1.165) is 27.8 Å². The molecule has 1 N–H and O–H groups in total. The Balaban J connectivity index is 1.66. The highest BCUT2D eigenvalue weighted by Crippen LogP contribution is 2.29. The molecule has 7 nitrogen and oxygen atoms in total. The van der Waals surface area contributed by atoms with E-state index in [-0.39, 0.29) is 6.42 Å². The summed E-state index contributed by atoms with van der Waals surface area (Å²) in [6, 6.07) is 12.7. The summed E-state index contributed by atoms with van der Waals surface area (Å²) >= 11 is 0. The smallest absolute Gasteiger partial charge is 0.262 e. The molecule has 0 aliphatic rings. The number of anilines is 1. The molecule has 2 aromatic carbocycles. The predicted octanol–water partition coefficient (Wildman–Crippen LogP) is 4.95. The van der Waals surface area contributed by atoms with Crippen LogP contribution < -0.4 is 4.72 Å². The van der Waals surface area contributed by atoms with Crippen LogP contribution in [0.3, 0.4) is 0 Å². The number of benzene rings is 2. The fourth-order valence-electron chi connectivity index (χ4n) is 3.55. The molecule has 0 atom stereocenters. The first-order valence-corrected chi connectivity index (χ1v) is 11.3. The Bertz CT molecular complexity index is 1310. The van der Waals surface area contributed by atoms with E-state index >= 15 is 0 Å². The molecule has 8 heteroatoms. The average molecular weight is 438 g/mol. The van der Waals surface area contributed by atoms with Gasteiger partial charge in [0.25, 0.3) is 10.0 Å². The lowest BCUT2D eigenvalue weighted by atomic mass is 10.0. The van der Waals surface area contributed by atoms with Crippen LogP contribution in [0.5, 0.6) is 0 Å². The third-order valence-corrected chi connectivity index (χ3v) is 7.02. The molecule has 160 valence electrons. The molecule has 31 heavy (non-hydrogen) atoms. The first kappa shape index (κ1) is 20.9. The molecule has 0 bridgehead atoms. The van der Waals surface area contributed by atoms with Crippen LogP contribution in [0.15, 0.2) is 62.6 Å². The third kappa shape index (κ3) is 4.11. The molecule has 0 amide bonds. The minimum atomic E-state index is -3.80. The monoisotopic (exact) mass is 437 g/mol. The van der Waals surface area contributed by atoms with Crippen molar-refractivity contribution in [2.45, 2.75) is 39.0 Å². The number of nitrogens with zero attached hydrogens (tertiary/aromatic N) is 2. The van der Waals surface area contributed by atoms with Gasteiger partial charge in [0.15, 0.2) is 5.76 Å². The van der Waals surface area contributed by atoms with Gasteiger partial charge in [0.2, 0.25) is 11.7 Å². The normalized spacial score (nSPS) is 11.6. The van der Waals surface area contributed by atoms with Crippen LogP contribution in [0, 0.1) is 27.7 Å². The van der Waals surface area contributed by atoms with Crippen molar-refractivity contribution in [3.63, 3.8) is 0 Å². The van der Waals surface area contributed by atoms with Crippen molar-refractivity contribution >= 4 is 15.7 Å². The third-order valence-electron chi connectivity index (χ3n) is 5.38. The minimum Gasteiger partial charge on any atom is -0.461 e. The first-order valence-electron chi connectivity index (χ1n) is 9.81. The van der Waals surface area contributed by atoms with Gasteiger partial charge in [0.05, 0.1) is 23.3 Å². The summed E-state index contributed by atoms with van der Waals surface area (Å²) in [7, 11) is -3.80. The van der Waals surface area contributed by atoms with E-state index in [0.29, 0.717) is 28.1 Å². The van der Waals surface area contributed by atoms with Crippen LogP contribution in [0.4, 0.5) is 5.69 Å². The van der Waals surface area contributed by atoms with Crippen LogP contribution in [0.2, 0.25) is 0 Å². The number of para-hydroxylation sites is 1. The van der Waals surface area contributed by atoms with Gasteiger partial charge in [-0.1, -0.05) is 29.4 Å². The molecule has 0 fully saturated rings. The number of sulfonamides is 1. The maximum atomic E-state index is 13.3. The quantitative estimate of drug-likeness (QED) is 0.458. The molecule has 0 aliphatic carbocycles. The number of furan rings is 1. The van der Waals surface area contributed by atoms with Gasteiger partial charge in [-0.15, -0.1) is 0 Å². The number of hydrogen-bond acceptors (Lipinski definition) is 6. The highest BCUT2D eigenvalue weighted by Gasteiger charge is 2.23. The van der Waals surface area contributed by atoms with Crippen LogP contribution in [-0.4, -0.2) is 18.6 Å². The predicted molar refractivity (Wildman–Crippen MR) is 117 cm³/mol. The molecule has 0 unspecified atom stereocenters. The zero-order chi connectivity index (χ0) is 22.2. The van der Waals surface area contributed by atoms with Crippen molar-refractivity contribution in [2.75, 3.05) is 4.72 Å². The highest BCUT2D eigenvalue weighted by atomic mass is 32.2. The second-order valence-electron chi connectivity index (χ2n) is 7.52. The van der Waals surface area contributed by atoms with E-state index < -0.39 is 10.0 Å². The molecular formula is C23H23N3O4S. The van der Waals surface area contributed by atoms with Gasteiger partial charge in [-0.3, -0.25) is 4.72 Å². The van der Waals surface area contributed by atoms with E-state index in [1.54, 1.807) is 24.3 Å². The average Bonchev–Trinajstić information content (AvgIpc) is 3.39. The maximum absolute atomic E-state index is 13.3. The van der Waals surface area contributed by atoms with Crippen molar-refractivity contribution in [1.29, 1.82) is 0 Å². The number of nitrogens with one attached hydrogen (secondary N) is 1. The van der Waals surface area contributed by atoms with Crippen molar-refractivity contribution in [3.05, 3.63) is 82.4 Å². The Morgan fingerprint density at radius 2 is 1.68 bits per heavy atom. The summed E-state index contributed by atoms with van der Waals surface area (Å²) in [5, 5.41) is 3.93. The lowest BCUT2D eigenvalue weighted by Crippen LogP contribution is -2.18. The van der Waals surface area contributed by atoms with Crippen LogP contribution >= 0.6 is 0 Å². The van der Waals surface area contributed by atoms with Crippen molar-refractivity contribution in [3.8, 4) is 11.6 Å². The molecule has 2 aromatic heterocycles.